The van der Waals surface area contributed by atoms with E-state index in [0.717, 1.165) is 0 Å². The third-order valence-electron chi connectivity index (χ3n) is 3.26. The highest BCUT2D eigenvalue weighted by molar-refractivity contribution is 7.94. The summed E-state index contributed by atoms with van der Waals surface area (Å²) in [7, 11) is -6.07. The molecule has 0 aromatic heterocycles. The van der Waals surface area contributed by atoms with Crippen molar-refractivity contribution in [3.05, 3.63) is 0 Å². The fourth-order valence-electron chi connectivity index (χ4n) is 2.07. The lowest BCUT2D eigenvalue weighted by Crippen LogP contribution is -2.65. The highest BCUT2D eigenvalue weighted by Gasteiger charge is 2.61. The van der Waals surface area contributed by atoms with Crippen LogP contribution < -0.4 is 0 Å². The Bertz CT molecular complexity index is 602. The average molecular weight is 358 g/mol. The zero-order valence-electron chi connectivity index (χ0n) is 12.6. The monoisotopic (exact) mass is 358 g/mol. The Morgan fingerprint density at radius 1 is 0.957 bits per heavy atom. The number of unbranched alkanes of at least 4 members (excludes halogenated alkanes) is 1. The van der Waals surface area contributed by atoms with Crippen molar-refractivity contribution in [1.82, 2.24) is 9.80 Å². The van der Waals surface area contributed by atoms with Gasteiger partial charge < -0.3 is 0 Å². The summed E-state index contributed by atoms with van der Waals surface area (Å²) in [6.45, 7) is 2.77. The van der Waals surface area contributed by atoms with Gasteiger partial charge in [-0.2, -0.15) is 13.2 Å². The van der Waals surface area contributed by atoms with Crippen LogP contribution in [0.1, 0.15) is 33.1 Å². The van der Waals surface area contributed by atoms with E-state index in [9.17, 15) is 36.0 Å². The van der Waals surface area contributed by atoms with Crippen LogP contribution in [0.2, 0.25) is 0 Å². The minimum atomic E-state index is -6.07. The van der Waals surface area contributed by atoms with E-state index >= 15 is 0 Å². The van der Waals surface area contributed by atoms with E-state index in [0.29, 0.717) is 16.2 Å². The molecule has 0 aromatic carbocycles. The second-order valence-corrected chi connectivity index (χ2v) is 7.01. The number of urea groups is 1. The Kier molecular flexibility index (Phi) is 5.78. The van der Waals surface area contributed by atoms with Gasteiger partial charge in [0.05, 0.1) is 0 Å². The van der Waals surface area contributed by atoms with Crippen molar-refractivity contribution < 1.29 is 36.0 Å². The van der Waals surface area contributed by atoms with Gasteiger partial charge in [0.1, 0.15) is 0 Å². The summed E-state index contributed by atoms with van der Waals surface area (Å²) in [5.74, 6) is -3.29. The zero-order valence-corrected chi connectivity index (χ0v) is 13.4. The molecule has 4 amide bonds. The maximum atomic E-state index is 12.7. The number of nitrogens with zero attached hydrogens (tertiary/aromatic N) is 2. The molecule has 11 heteroatoms. The minimum absolute atomic E-state index is 0.214. The van der Waals surface area contributed by atoms with E-state index in [1.807, 2.05) is 0 Å². The molecule has 1 aliphatic rings. The minimum Gasteiger partial charge on any atom is -0.272 e. The number of sulfone groups is 1. The molecule has 1 aliphatic heterocycles. The van der Waals surface area contributed by atoms with Crippen LogP contribution in [0.3, 0.4) is 0 Å². The molecule has 1 saturated heterocycles. The predicted molar refractivity (Wildman–Crippen MR) is 72.8 cm³/mol. The molecule has 0 aliphatic carbocycles. The van der Waals surface area contributed by atoms with Gasteiger partial charge in [0.25, 0.3) is 21.7 Å². The van der Waals surface area contributed by atoms with Gasteiger partial charge in [-0.3, -0.25) is 19.4 Å². The molecule has 0 aromatic rings. The second-order valence-electron chi connectivity index (χ2n) is 4.99. The van der Waals surface area contributed by atoms with Crippen LogP contribution in [0, 0.1) is 0 Å². The van der Waals surface area contributed by atoms with E-state index in [1.54, 1.807) is 13.8 Å². The third kappa shape index (κ3) is 3.48. The van der Waals surface area contributed by atoms with E-state index in [2.05, 4.69) is 0 Å². The Hall–Kier alpha value is -1.65. The Balaban J connectivity index is 3.36. The number of alkyl halides is 3. The van der Waals surface area contributed by atoms with Gasteiger partial charge in [-0.25, -0.2) is 13.2 Å². The lowest BCUT2D eigenvalue weighted by atomic mass is 10.2. The highest BCUT2D eigenvalue weighted by Crippen LogP contribution is 2.31. The molecule has 1 heterocycles. The standard InChI is InChI=1S/C12H17F3N2O5S/c1-3-5-7-17-10(19)8(23(21,22)12(13,14)15)9(18)16(6-4-2)11(17)20/h8H,3-7H2,1-2H3. The smallest absolute Gasteiger partial charge is 0.272 e. The zero-order chi connectivity index (χ0) is 18.0. The summed E-state index contributed by atoms with van der Waals surface area (Å²) < 4.78 is 61.4. The molecular weight excluding hydrogens is 341 g/mol. The largest absolute Gasteiger partial charge is 0.498 e. The lowest BCUT2D eigenvalue weighted by Gasteiger charge is -2.36. The molecule has 7 nitrogen and oxygen atoms in total. The maximum absolute atomic E-state index is 12.7. The number of hydrogen-bond acceptors (Lipinski definition) is 5. The van der Waals surface area contributed by atoms with Crippen LogP contribution in [-0.4, -0.2) is 59.9 Å². The van der Waals surface area contributed by atoms with E-state index in [1.165, 1.54) is 0 Å². The topological polar surface area (TPSA) is 91.8 Å². The van der Waals surface area contributed by atoms with E-state index in [-0.39, 0.29) is 25.9 Å². The van der Waals surface area contributed by atoms with Crippen molar-refractivity contribution in [3.8, 4) is 0 Å². The number of amides is 4. The van der Waals surface area contributed by atoms with Crippen molar-refractivity contribution in [3.63, 3.8) is 0 Å². The van der Waals surface area contributed by atoms with Gasteiger partial charge in [0.2, 0.25) is 5.25 Å². The van der Waals surface area contributed by atoms with E-state index < -0.39 is 38.4 Å². The van der Waals surface area contributed by atoms with Crippen molar-refractivity contribution in [1.29, 1.82) is 0 Å². The first-order chi connectivity index (χ1) is 10.5. The normalized spacial score (nSPS) is 20.4. The van der Waals surface area contributed by atoms with Gasteiger partial charge in [0.15, 0.2) is 0 Å². The summed E-state index contributed by atoms with van der Waals surface area (Å²) in [4.78, 5) is 37.0. The van der Waals surface area contributed by atoms with Gasteiger partial charge in [-0.1, -0.05) is 20.3 Å². The molecular formula is C12H17F3N2O5S. The number of carbonyl (C=O) groups is 3. The lowest BCUT2D eigenvalue weighted by molar-refractivity contribution is -0.142. The molecule has 0 spiro atoms. The molecule has 0 N–H and O–H groups in total. The van der Waals surface area contributed by atoms with Crippen LogP contribution in [-0.2, 0) is 19.4 Å². The number of rotatable bonds is 6. The highest BCUT2D eigenvalue weighted by atomic mass is 32.2. The third-order valence-corrected chi connectivity index (χ3v) is 4.93. The molecule has 1 atom stereocenters. The van der Waals surface area contributed by atoms with E-state index in [4.69, 9.17) is 0 Å². The molecule has 1 fully saturated rings. The molecule has 1 rings (SSSR count). The van der Waals surface area contributed by atoms with Gasteiger partial charge in [-0.05, 0) is 12.8 Å². The van der Waals surface area contributed by atoms with Crippen LogP contribution in [0.5, 0.6) is 0 Å². The number of imide groups is 2. The van der Waals surface area contributed by atoms with Gasteiger partial charge in [-0.15, -0.1) is 0 Å². The fourth-order valence-corrected chi connectivity index (χ4v) is 3.13. The Labute approximate surface area is 131 Å². The molecule has 23 heavy (non-hydrogen) atoms. The summed E-state index contributed by atoms with van der Waals surface area (Å²) in [6.07, 6.45) is 1.02. The van der Waals surface area contributed by atoms with Crippen LogP contribution in [0.25, 0.3) is 0 Å². The fraction of sp³-hybridized carbons (Fsp3) is 0.750. The van der Waals surface area contributed by atoms with Crippen molar-refractivity contribution >= 4 is 27.7 Å². The quantitative estimate of drug-likeness (QED) is 0.667. The summed E-state index contributed by atoms with van der Waals surface area (Å²) in [5.41, 5.74) is -5.77. The van der Waals surface area contributed by atoms with Crippen molar-refractivity contribution in [2.24, 2.45) is 0 Å². The first kappa shape index (κ1) is 19.4. The van der Waals surface area contributed by atoms with Crippen LogP contribution >= 0.6 is 0 Å². The number of halogens is 3. The Morgan fingerprint density at radius 3 is 1.83 bits per heavy atom. The summed E-state index contributed by atoms with van der Waals surface area (Å²) >= 11 is 0. The first-order valence-electron chi connectivity index (χ1n) is 6.97. The van der Waals surface area contributed by atoms with Gasteiger partial charge >= 0.3 is 11.5 Å². The average Bonchev–Trinajstić information content (AvgIpc) is 2.42. The van der Waals surface area contributed by atoms with Crippen molar-refractivity contribution in [2.75, 3.05) is 13.1 Å². The number of barbiturate groups is 1. The van der Waals surface area contributed by atoms with Crippen LogP contribution in [0.15, 0.2) is 0 Å². The maximum Gasteiger partial charge on any atom is 0.498 e. The molecule has 0 bridgehead atoms. The summed E-state index contributed by atoms with van der Waals surface area (Å²) in [6, 6.07) is -1.08. The number of carbonyl (C=O) groups excluding carboxylic acids is 3. The van der Waals surface area contributed by atoms with Gasteiger partial charge in [0, 0.05) is 13.1 Å². The summed E-state index contributed by atoms with van der Waals surface area (Å²) in [5, 5.41) is -2.95. The Morgan fingerprint density at radius 2 is 1.43 bits per heavy atom. The number of hydrogen-bond donors (Lipinski definition) is 0. The molecule has 0 radical (unpaired) electrons. The molecule has 0 saturated carbocycles. The molecule has 1 unspecified atom stereocenters. The predicted octanol–water partition coefficient (Wildman–Crippen LogP) is 1.29. The van der Waals surface area contributed by atoms with Crippen molar-refractivity contribution in [2.45, 2.75) is 43.9 Å². The van der Waals surface area contributed by atoms with Crippen LogP contribution in [0.4, 0.5) is 18.0 Å². The SMILES string of the molecule is CCCCN1C(=O)C(S(=O)(=O)C(F)(F)F)C(=O)N(CCC)C1=O. The first-order valence-corrected chi connectivity index (χ1v) is 8.52. The second kappa shape index (κ2) is 6.85. The molecule has 132 valence electrons.